The number of guanidine groups is 1. The summed E-state index contributed by atoms with van der Waals surface area (Å²) in [5, 5.41) is 3.22. The minimum absolute atomic E-state index is 0. The number of halogens is 1. The minimum Gasteiger partial charge on any atom is -0.465 e. The van der Waals surface area contributed by atoms with E-state index in [9.17, 15) is 9.59 Å². The monoisotopic (exact) mass is 494 g/mol. The zero-order valence-corrected chi connectivity index (χ0v) is 18.4. The second-order valence-electron chi connectivity index (χ2n) is 5.75. The molecule has 27 heavy (non-hydrogen) atoms. The SMILES string of the molecule is CCOC(=O)N1CCN(C(=NC)NCc2cc(C(=O)OC)c(C)o2)CC1.I. The van der Waals surface area contributed by atoms with E-state index in [1.807, 2.05) is 0 Å². The van der Waals surface area contributed by atoms with Gasteiger partial charge in [0.15, 0.2) is 5.96 Å². The number of aliphatic imine (C=N–C) groups is 1. The number of hydrogen-bond acceptors (Lipinski definition) is 6. The number of hydrogen-bond donors (Lipinski definition) is 1. The molecule has 9 nitrogen and oxygen atoms in total. The highest BCUT2D eigenvalue weighted by Crippen LogP contribution is 2.15. The molecular formula is C17H27IN4O5. The zero-order valence-electron chi connectivity index (χ0n) is 16.1. The van der Waals surface area contributed by atoms with Crippen molar-refractivity contribution in [2.75, 3.05) is 46.9 Å². The number of furan rings is 1. The van der Waals surface area contributed by atoms with Gasteiger partial charge in [0.1, 0.15) is 17.1 Å². The molecule has 0 unspecified atom stereocenters. The van der Waals surface area contributed by atoms with Crippen molar-refractivity contribution in [3.8, 4) is 0 Å². The molecule has 1 amide bonds. The predicted molar refractivity (Wildman–Crippen MR) is 111 cm³/mol. The molecule has 1 aliphatic heterocycles. The smallest absolute Gasteiger partial charge is 0.409 e. The summed E-state index contributed by atoms with van der Waals surface area (Å²) >= 11 is 0. The second-order valence-corrected chi connectivity index (χ2v) is 5.75. The molecule has 1 N–H and O–H groups in total. The number of aryl methyl sites for hydroxylation is 1. The fourth-order valence-corrected chi connectivity index (χ4v) is 2.76. The molecule has 1 aliphatic rings. The van der Waals surface area contributed by atoms with E-state index in [1.165, 1.54) is 7.11 Å². The molecule has 0 spiro atoms. The molecule has 0 saturated carbocycles. The molecule has 0 bridgehead atoms. The van der Waals surface area contributed by atoms with Crippen molar-refractivity contribution in [3.63, 3.8) is 0 Å². The van der Waals surface area contributed by atoms with Gasteiger partial charge in [-0.3, -0.25) is 4.99 Å². The van der Waals surface area contributed by atoms with Crippen LogP contribution in [-0.4, -0.2) is 74.8 Å². The molecule has 1 fully saturated rings. The van der Waals surface area contributed by atoms with Gasteiger partial charge in [0.05, 0.1) is 20.3 Å². The van der Waals surface area contributed by atoms with Gasteiger partial charge in [-0.05, 0) is 19.9 Å². The van der Waals surface area contributed by atoms with Crippen LogP contribution in [0, 0.1) is 6.92 Å². The van der Waals surface area contributed by atoms with Crippen LogP contribution in [0.2, 0.25) is 0 Å². The van der Waals surface area contributed by atoms with Crippen molar-refractivity contribution < 1.29 is 23.5 Å². The Morgan fingerprint density at radius 2 is 1.89 bits per heavy atom. The van der Waals surface area contributed by atoms with Gasteiger partial charge in [0, 0.05) is 33.2 Å². The lowest BCUT2D eigenvalue weighted by Crippen LogP contribution is -2.53. The first-order valence-electron chi connectivity index (χ1n) is 8.55. The Labute approximate surface area is 176 Å². The summed E-state index contributed by atoms with van der Waals surface area (Å²) in [6.45, 7) is 6.74. The Balaban J connectivity index is 0.00000364. The highest BCUT2D eigenvalue weighted by Gasteiger charge is 2.24. The number of nitrogens with zero attached hydrogens (tertiary/aromatic N) is 3. The lowest BCUT2D eigenvalue weighted by Gasteiger charge is -2.35. The highest BCUT2D eigenvalue weighted by atomic mass is 127. The van der Waals surface area contributed by atoms with Gasteiger partial charge in [-0.2, -0.15) is 0 Å². The maximum Gasteiger partial charge on any atom is 0.409 e. The third-order valence-corrected chi connectivity index (χ3v) is 4.11. The number of carbonyl (C=O) groups excluding carboxylic acids is 2. The summed E-state index contributed by atoms with van der Waals surface area (Å²) in [4.78, 5) is 31.4. The molecule has 1 saturated heterocycles. The summed E-state index contributed by atoms with van der Waals surface area (Å²) in [6.07, 6.45) is -0.281. The second kappa shape index (κ2) is 11.0. The molecule has 0 aromatic carbocycles. The summed E-state index contributed by atoms with van der Waals surface area (Å²) in [5.74, 6) is 1.43. The fraction of sp³-hybridized carbons (Fsp3) is 0.588. The van der Waals surface area contributed by atoms with E-state index >= 15 is 0 Å². The van der Waals surface area contributed by atoms with Gasteiger partial charge in [-0.25, -0.2) is 9.59 Å². The summed E-state index contributed by atoms with van der Waals surface area (Å²) in [7, 11) is 3.04. The van der Waals surface area contributed by atoms with E-state index in [0.29, 0.717) is 62.4 Å². The van der Waals surface area contributed by atoms with Crippen LogP contribution in [0.5, 0.6) is 0 Å². The normalized spacial score (nSPS) is 14.4. The third-order valence-electron chi connectivity index (χ3n) is 4.11. The van der Waals surface area contributed by atoms with Crippen LogP contribution in [-0.2, 0) is 16.0 Å². The predicted octanol–water partition coefficient (Wildman–Crippen LogP) is 1.84. The number of carbonyl (C=O) groups is 2. The van der Waals surface area contributed by atoms with E-state index in [1.54, 1.807) is 31.9 Å². The number of piperazine rings is 1. The molecule has 2 rings (SSSR count). The van der Waals surface area contributed by atoms with Gasteiger partial charge >= 0.3 is 12.1 Å². The summed E-state index contributed by atoms with van der Waals surface area (Å²) in [5.41, 5.74) is 0.419. The number of amides is 1. The average molecular weight is 494 g/mol. The van der Waals surface area contributed by atoms with Gasteiger partial charge < -0.3 is 29.0 Å². The molecule has 1 aromatic heterocycles. The van der Waals surface area contributed by atoms with Gasteiger partial charge in [-0.1, -0.05) is 0 Å². The van der Waals surface area contributed by atoms with Crippen molar-refractivity contribution >= 4 is 42.0 Å². The molecule has 2 heterocycles. The zero-order chi connectivity index (χ0) is 19.1. The lowest BCUT2D eigenvalue weighted by molar-refractivity contribution is 0.0598. The topological polar surface area (TPSA) is 96.6 Å². The molecule has 0 atom stereocenters. The Hall–Kier alpha value is -1.98. The van der Waals surface area contributed by atoms with E-state index in [0.717, 1.165) is 0 Å². The van der Waals surface area contributed by atoms with Crippen LogP contribution in [0.25, 0.3) is 0 Å². The van der Waals surface area contributed by atoms with Crippen LogP contribution < -0.4 is 5.32 Å². The first-order valence-corrected chi connectivity index (χ1v) is 8.55. The lowest BCUT2D eigenvalue weighted by atomic mass is 10.2. The largest absolute Gasteiger partial charge is 0.465 e. The Morgan fingerprint density at radius 1 is 1.26 bits per heavy atom. The maximum atomic E-state index is 11.8. The molecule has 152 valence electrons. The summed E-state index contributed by atoms with van der Waals surface area (Å²) < 4.78 is 15.3. The van der Waals surface area contributed by atoms with Crippen LogP contribution in [0.1, 0.15) is 28.8 Å². The van der Waals surface area contributed by atoms with Crippen molar-refractivity contribution in [3.05, 3.63) is 23.2 Å². The van der Waals surface area contributed by atoms with E-state index in [-0.39, 0.29) is 30.1 Å². The van der Waals surface area contributed by atoms with Crippen molar-refractivity contribution in [1.29, 1.82) is 0 Å². The van der Waals surface area contributed by atoms with Crippen molar-refractivity contribution in [2.45, 2.75) is 20.4 Å². The number of methoxy groups -OCH3 is 1. The van der Waals surface area contributed by atoms with Crippen LogP contribution >= 0.6 is 24.0 Å². The first kappa shape index (κ1) is 23.1. The maximum absolute atomic E-state index is 11.8. The van der Waals surface area contributed by atoms with Crippen molar-refractivity contribution in [1.82, 2.24) is 15.1 Å². The van der Waals surface area contributed by atoms with Gasteiger partial charge in [-0.15, -0.1) is 24.0 Å². The van der Waals surface area contributed by atoms with Gasteiger partial charge in [0.2, 0.25) is 0 Å². The Morgan fingerprint density at radius 3 is 2.44 bits per heavy atom. The van der Waals surface area contributed by atoms with Crippen LogP contribution in [0.3, 0.4) is 0 Å². The fourth-order valence-electron chi connectivity index (χ4n) is 2.76. The Bertz CT molecular complexity index is 668. The highest BCUT2D eigenvalue weighted by molar-refractivity contribution is 14.0. The van der Waals surface area contributed by atoms with Crippen LogP contribution in [0.4, 0.5) is 4.79 Å². The quantitative estimate of drug-likeness (QED) is 0.295. The van der Waals surface area contributed by atoms with Crippen LogP contribution in [0.15, 0.2) is 15.5 Å². The number of nitrogens with one attached hydrogen (secondary N) is 1. The first-order chi connectivity index (χ1) is 12.5. The average Bonchev–Trinajstić information content (AvgIpc) is 3.03. The van der Waals surface area contributed by atoms with Gasteiger partial charge in [0.25, 0.3) is 0 Å². The summed E-state index contributed by atoms with van der Waals surface area (Å²) in [6, 6.07) is 1.67. The Kier molecular flexibility index (Phi) is 9.39. The van der Waals surface area contributed by atoms with E-state index in [4.69, 9.17) is 13.9 Å². The molecule has 10 heteroatoms. The minimum atomic E-state index is -0.419. The van der Waals surface area contributed by atoms with Crippen molar-refractivity contribution in [2.24, 2.45) is 4.99 Å². The third kappa shape index (κ3) is 6.01. The molecule has 0 aliphatic carbocycles. The number of esters is 1. The number of ether oxygens (including phenoxy) is 2. The molecular weight excluding hydrogens is 467 g/mol. The molecule has 0 radical (unpaired) electrons. The standard InChI is InChI=1S/C17H26N4O5.HI/c1-5-25-17(23)21-8-6-20(7-9-21)16(18-3)19-11-13-10-14(12(2)26-13)15(22)24-4;/h10H,5-9,11H2,1-4H3,(H,18,19);1H. The van der Waals surface area contributed by atoms with E-state index < -0.39 is 5.97 Å². The molecule has 1 aromatic rings. The van der Waals surface area contributed by atoms with E-state index in [2.05, 4.69) is 15.2 Å². The number of rotatable bonds is 4.